The zero-order valence-corrected chi connectivity index (χ0v) is 8.01. The van der Waals surface area contributed by atoms with Crippen molar-refractivity contribution in [1.29, 1.82) is 0 Å². The Bertz CT molecular complexity index is 366. The van der Waals surface area contributed by atoms with Crippen molar-refractivity contribution in [2.24, 2.45) is 0 Å². The third-order valence-corrected chi connectivity index (χ3v) is 2.26. The zero-order chi connectivity index (χ0) is 9.10. The highest BCUT2D eigenvalue weighted by Gasteiger charge is 2.06. The monoisotopic (exact) mass is 195 g/mol. The summed E-state index contributed by atoms with van der Waals surface area (Å²) in [6.45, 7) is 2.11. The van der Waals surface area contributed by atoms with Gasteiger partial charge in [-0.05, 0) is 18.0 Å². The standard InChI is InChI=1S/C7H9N5S/c1-2-3-6-9-7(11-10-6)5-4-8-12-13-5/h4H,2-3H2,1H3,(H,9,10,11). The zero-order valence-electron chi connectivity index (χ0n) is 7.19. The van der Waals surface area contributed by atoms with Crippen LogP contribution in [-0.2, 0) is 6.42 Å². The van der Waals surface area contributed by atoms with Crippen LogP contribution in [0, 0.1) is 0 Å². The van der Waals surface area contributed by atoms with Gasteiger partial charge in [0.05, 0.1) is 6.20 Å². The number of aromatic amines is 1. The molecule has 0 bridgehead atoms. The van der Waals surface area contributed by atoms with E-state index < -0.39 is 0 Å². The summed E-state index contributed by atoms with van der Waals surface area (Å²) in [6.07, 6.45) is 3.67. The summed E-state index contributed by atoms with van der Waals surface area (Å²) >= 11 is 1.30. The Labute approximate surface area is 79.4 Å². The average molecular weight is 195 g/mol. The van der Waals surface area contributed by atoms with Gasteiger partial charge in [0, 0.05) is 6.42 Å². The van der Waals surface area contributed by atoms with Gasteiger partial charge < -0.3 is 0 Å². The fraction of sp³-hybridized carbons (Fsp3) is 0.429. The third-order valence-electron chi connectivity index (χ3n) is 1.60. The summed E-state index contributed by atoms with van der Waals surface area (Å²) in [7, 11) is 0. The van der Waals surface area contributed by atoms with Crippen molar-refractivity contribution in [2.45, 2.75) is 19.8 Å². The molecule has 2 heterocycles. The molecule has 1 N–H and O–H groups in total. The molecule has 0 amide bonds. The Morgan fingerprint density at radius 1 is 1.54 bits per heavy atom. The van der Waals surface area contributed by atoms with Gasteiger partial charge in [-0.2, -0.15) is 5.10 Å². The van der Waals surface area contributed by atoms with Crippen LogP contribution in [0.4, 0.5) is 0 Å². The number of aromatic nitrogens is 5. The topological polar surface area (TPSA) is 67.3 Å². The van der Waals surface area contributed by atoms with Gasteiger partial charge in [0.1, 0.15) is 10.7 Å². The molecule has 2 rings (SSSR count). The maximum absolute atomic E-state index is 4.31. The minimum atomic E-state index is 0.693. The fourth-order valence-corrected chi connectivity index (χ4v) is 1.47. The number of aryl methyl sites for hydroxylation is 1. The second-order valence-corrected chi connectivity index (χ2v) is 3.42. The molecule has 0 saturated carbocycles. The molecular weight excluding hydrogens is 186 g/mol. The van der Waals surface area contributed by atoms with Crippen molar-refractivity contribution in [3.63, 3.8) is 0 Å². The SMILES string of the molecule is CCCc1nc(-c2cnns2)n[nH]1. The van der Waals surface area contributed by atoms with Crippen molar-refractivity contribution >= 4 is 11.5 Å². The summed E-state index contributed by atoms with van der Waals surface area (Å²) in [5.74, 6) is 1.62. The van der Waals surface area contributed by atoms with E-state index in [2.05, 4.69) is 31.7 Å². The summed E-state index contributed by atoms with van der Waals surface area (Å²) in [5, 5.41) is 10.7. The third kappa shape index (κ3) is 1.72. The molecule has 6 heteroatoms. The predicted molar refractivity (Wildman–Crippen MR) is 49.3 cm³/mol. The molecule has 0 fully saturated rings. The molecule has 2 aromatic rings. The summed E-state index contributed by atoms with van der Waals surface area (Å²) in [6, 6.07) is 0. The lowest BCUT2D eigenvalue weighted by molar-refractivity contribution is 0.841. The van der Waals surface area contributed by atoms with Gasteiger partial charge in [-0.1, -0.05) is 11.4 Å². The van der Waals surface area contributed by atoms with Crippen molar-refractivity contribution in [1.82, 2.24) is 24.8 Å². The second kappa shape index (κ2) is 3.61. The molecule has 13 heavy (non-hydrogen) atoms. The molecule has 0 aliphatic rings. The van der Waals surface area contributed by atoms with Crippen molar-refractivity contribution in [3.8, 4) is 10.7 Å². The number of hydrogen-bond acceptors (Lipinski definition) is 5. The molecule has 68 valence electrons. The van der Waals surface area contributed by atoms with Crippen LogP contribution in [0.5, 0.6) is 0 Å². The van der Waals surface area contributed by atoms with Gasteiger partial charge in [-0.15, -0.1) is 5.10 Å². The molecule has 0 aromatic carbocycles. The smallest absolute Gasteiger partial charge is 0.194 e. The van der Waals surface area contributed by atoms with E-state index in [-0.39, 0.29) is 0 Å². The van der Waals surface area contributed by atoms with Crippen LogP contribution in [0.2, 0.25) is 0 Å². The van der Waals surface area contributed by atoms with E-state index in [0.717, 1.165) is 23.5 Å². The van der Waals surface area contributed by atoms with Gasteiger partial charge in [0.15, 0.2) is 5.82 Å². The van der Waals surface area contributed by atoms with Gasteiger partial charge in [-0.25, -0.2) is 4.98 Å². The first-order valence-corrected chi connectivity index (χ1v) is 4.86. The molecule has 0 aliphatic heterocycles. The molecule has 0 atom stereocenters. The Morgan fingerprint density at radius 3 is 3.15 bits per heavy atom. The fourth-order valence-electron chi connectivity index (χ4n) is 1.02. The number of hydrogen-bond donors (Lipinski definition) is 1. The van der Waals surface area contributed by atoms with E-state index in [1.54, 1.807) is 6.20 Å². The highest BCUT2D eigenvalue weighted by Crippen LogP contribution is 2.16. The molecule has 2 aromatic heterocycles. The molecule has 0 aliphatic carbocycles. The van der Waals surface area contributed by atoms with Crippen LogP contribution >= 0.6 is 11.5 Å². The van der Waals surface area contributed by atoms with E-state index in [9.17, 15) is 0 Å². The lowest BCUT2D eigenvalue weighted by Crippen LogP contribution is -1.84. The summed E-state index contributed by atoms with van der Waals surface area (Å²) in [5.41, 5.74) is 0. The molecule has 0 saturated heterocycles. The van der Waals surface area contributed by atoms with E-state index in [1.807, 2.05) is 0 Å². The number of rotatable bonds is 3. The van der Waals surface area contributed by atoms with Gasteiger partial charge in [0.2, 0.25) is 0 Å². The Hall–Kier alpha value is -1.30. The summed E-state index contributed by atoms with van der Waals surface area (Å²) < 4.78 is 3.75. The van der Waals surface area contributed by atoms with Crippen LogP contribution in [-0.4, -0.2) is 24.8 Å². The van der Waals surface area contributed by atoms with Gasteiger partial charge in [0.25, 0.3) is 0 Å². The van der Waals surface area contributed by atoms with E-state index in [4.69, 9.17) is 0 Å². The van der Waals surface area contributed by atoms with E-state index in [1.165, 1.54) is 11.5 Å². The second-order valence-electron chi connectivity index (χ2n) is 2.64. The Balaban J connectivity index is 2.23. The predicted octanol–water partition coefficient (Wildman–Crippen LogP) is 1.28. The highest BCUT2D eigenvalue weighted by atomic mass is 32.1. The van der Waals surface area contributed by atoms with Crippen molar-refractivity contribution in [2.75, 3.05) is 0 Å². The molecule has 5 nitrogen and oxygen atoms in total. The minimum Gasteiger partial charge on any atom is -0.263 e. The Morgan fingerprint density at radius 2 is 2.46 bits per heavy atom. The van der Waals surface area contributed by atoms with Crippen molar-refractivity contribution in [3.05, 3.63) is 12.0 Å². The van der Waals surface area contributed by atoms with Crippen LogP contribution < -0.4 is 0 Å². The largest absolute Gasteiger partial charge is 0.263 e. The van der Waals surface area contributed by atoms with Crippen molar-refractivity contribution < 1.29 is 0 Å². The first-order valence-electron chi connectivity index (χ1n) is 4.09. The van der Waals surface area contributed by atoms with Gasteiger partial charge >= 0.3 is 0 Å². The van der Waals surface area contributed by atoms with E-state index in [0.29, 0.717) is 5.82 Å². The lowest BCUT2D eigenvalue weighted by atomic mass is 10.3. The molecule has 0 unspecified atom stereocenters. The number of nitrogens with zero attached hydrogens (tertiary/aromatic N) is 4. The van der Waals surface area contributed by atoms with E-state index >= 15 is 0 Å². The van der Waals surface area contributed by atoms with Crippen LogP contribution in [0.1, 0.15) is 19.2 Å². The lowest BCUT2D eigenvalue weighted by Gasteiger charge is -1.85. The summed E-state index contributed by atoms with van der Waals surface area (Å²) in [4.78, 5) is 5.21. The molecular formula is C7H9N5S. The minimum absolute atomic E-state index is 0.693. The maximum Gasteiger partial charge on any atom is 0.194 e. The Kier molecular flexibility index (Phi) is 2.31. The number of H-pyrrole nitrogens is 1. The normalized spacial score (nSPS) is 10.5. The molecule has 0 spiro atoms. The maximum atomic E-state index is 4.31. The van der Waals surface area contributed by atoms with Gasteiger partial charge in [-0.3, -0.25) is 5.10 Å². The number of nitrogens with one attached hydrogen (secondary N) is 1. The first-order chi connectivity index (χ1) is 6.40. The van der Waals surface area contributed by atoms with Crippen LogP contribution in [0.3, 0.4) is 0 Å². The quantitative estimate of drug-likeness (QED) is 0.801. The van der Waals surface area contributed by atoms with Crippen LogP contribution in [0.15, 0.2) is 6.20 Å². The molecule has 0 radical (unpaired) electrons. The average Bonchev–Trinajstić information content (AvgIpc) is 2.70. The highest BCUT2D eigenvalue weighted by molar-refractivity contribution is 7.09. The first kappa shape index (κ1) is 8.31. The van der Waals surface area contributed by atoms with Crippen LogP contribution in [0.25, 0.3) is 10.7 Å².